The Balaban J connectivity index is 0.000000115. The molecule has 136 heavy (non-hydrogen) atoms. The topological polar surface area (TPSA) is 116 Å². The zero-order chi connectivity index (χ0) is 90.5. The normalized spacial score (nSPS) is 11.2. The fourth-order valence-electron chi connectivity index (χ4n) is 18.6. The molecule has 6 heterocycles. The molecule has 0 amide bonds. The Morgan fingerprint density at radius 2 is 0.441 bits per heavy atom. The van der Waals surface area contributed by atoms with E-state index in [9.17, 15) is 0 Å². The van der Waals surface area contributed by atoms with Crippen LogP contribution in [0.5, 0.6) is 0 Å². The van der Waals surface area contributed by atoms with E-state index in [1.165, 1.54) is 87.2 Å². The van der Waals surface area contributed by atoms with Crippen molar-refractivity contribution in [3.63, 3.8) is 0 Å². The highest BCUT2D eigenvalue weighted by Crippen LogP contribution is 2.43. The molecule has 0 spiro atoms. The number of nitrogens with zero attached hydrogens (tertiary/aromatic N) is 9. The summed E-state index contributed by atoms with van der Waals surface area (Å²) in [6.07, 6.45) is 9.22. The van der Waals surface area contributed by atoms with E-state index in [2.05, 4.69) is 452 Å². The lowest BCUT2D eigenvalue weighted by Gasteiger charge is -2.14. The van der Waals surface area contributed by atoms with Crippen molar-refractivity contribution in [3.8, 4) is 168 Å². The summed E-state index contributed by atoms with van der Waals surface area (Å²) in [4.78, 5) is 44.4. The molecule has 636 valence electrons. The third-order valence-corrected chi connectivity index (χ3v) is 25.5. The minimum atomic E-state index is 0.695. The molecule has 0 saturated carbocycles. The third-order valence-electron chi connectivity index (χ3n) is 25.5. The van der Waals surface area contributed by atoms with Crippen molar-refractivity contribution in [2.45, 2.75) is 0 Å². The predicted octanol–water partition coefficient (Wildman–Crippen LogP) is 32.7. The highest BCUT2D eigenvalue weighted by molar-refractivity contribution is 6.26. The lowest BCUT2D eigenvalue weighted by molar-refractivity contribution is 1.18. The first-order valence-electron chi connectivity index (χ1n) is 45.7. The van der Waals surface area contributed by atoms with Crippen LogP contribution in [0.15, 0.2) is 504 Å². The van der Waals surface area contributed by atoms with Crippen LogP contribution in [0.2, 0.25) is 0 Å². The smallest absolute Gasteiger partial charge is 0.161 e. The average Bonchev–Trinajstić information content (AvgIpc) is 0.738. The molecule has 0 atom stereocenters. The maximum Gasteiger partial charge on any atom is 0.161 e. The van der Waals surface area contributed by atoms with Gasteiger partial charge in [-0.2, -0.15) is 0 Å². The van der Waals surface area contributed by atoms with Gasteiger partial charge in [-0.1, -0.05) is 394 Å². The molecule has 0 bridgehead atoms. The Morgan fingerprint density at radius 1 is 0.132 bits per heavy atom. The number of pyridine rings is 3. The van der Waals surface area contributed by atoms with Crippen LogP contribution < -0.4 is 0 Å². The van der Waals surface area contributed by atoms with E-state index < -0.39 is 0 Å². The number of aromatic nitrogens is 9. The fourth-order valence-corrected chi connectivity index (χ4v) is 18.6. The second-order valence-corrected chi connectivity index (χ2v) is 33.9. The first-order valence-corrected chi connectivity index (χ1v) is 45.7. The lowest BCUT2D eigenvalue weighted by atomic mass is 9.93. The van der Waals surface area contributed by atoms with Gasteiger partial charge in [0.05, 0.1) is 39.7 Å². The Labute approximate surface area is 787 Å². The molecule has 0 aliphatic carbocycles. The first-order chi connectivity index (χ1) is 67.4. The van der Waals surface area contributed by atoms with Crippen LogP contribution in [-0.2, 0) is 0 Å². The summed E-state index contributed by atoms with van der Waals surface area (Å²) in [5.41, 5.74) is 29.2. The fraction of sp³-hybridized carbons (Fsp3) is 0. The van der Waals surface area contributed by atoms with Crippen LogP contribution >= 0.6 is 0 Å². The molecule has 0 fully saturated rings. The zero-order valence-corrected chi connectivity index (χ0v) is 73.9. The maximum absolute atomic E-state index is 5.29. The van der Waals surface area contributed by atoms with Crippen molar-refractivity contribution in [1.82, 2.24) is 44.9 Å². The van der Waals surface area contributed by atoms with Crippen LogP contribution in [0.1, 0.15) is 0 Å². The molecule has 6 aromatic heterocycles. The van der Waals surface area contributed by atoms with Crippen LogP contribution in [-0.4, -0.2) is 44.9 Å². The number of hydrogen-bond donors (Lipinski definition) is 0. The van der Waals surface area contributed by atoms with Crippen molar-refractivity contribution in [3.05, 3.63) is 504 Å². The van der Waals surface area contributed by atoms with Crippen molar-refractivity contribution >= 4 is 75.5 Å². The standard InChI is InChI=1S/2C45H29N3.C37H25N3/c1-2-10-30(11-3-1)31-19-21-32(22-20-31)43-28-44(34-13-8-12-33(26-34)36-14-9-25-46-29-36)48-45(47-43)35-23-24-41-39-17-5-4-15-37(39)38-16-6-7-18-40(38)42(41)27-35;1-2-10-30(11-3-1)31-19-21-32(22-20-31)43-29-44(37-14-8-13-33(26-37)34-23-24-42-36(27-34)15-9-25-46-42)48-45(47-43)41-28-35-12-4-5-16-38(35)39-17-6-7-18-40(39)41;1-2-9-26(10-3-1)27-18-20-29(21-19-27)35-24-36(31-14-6-13-30(23-31)32-15-8-22-38-25-32)40-37(39-35)34-17-7-12-28-11-4-5-16-33(28)34/h2*1-29H;1-25H. The molecule has 25 aromatic rings. The van der Waals surface area contributed by atoms with Gasteiger partial charge in [0.25, 0.3) is 0 Å². The number of benzene rings is 19. The van der Waals surface area contributed by atoms with E-state index in [0.717, 1.165) is 139 Å². The summed E-state index contributed by atoms with van der Waals surface area (Å²) in [5, 5.41) is 15.6. The number of rotatable bonds is 15. The van der Waals surface area contributed by atoms with Gasteiger partial charge in [0.1, 0.15) is 0 Å². The van der Waals surface area contributed by atoms with Gasteiger partial charge >= 0.3 is 0 Å². The SMILES string of the molecule is c1ccc(-c2ccc(-c3cc(-c4cccc(-c5ccc6ncccc6c5)c4)nc(-c4cc5ccccc5c5ccccc45)n3)cc2)cc1.c1ccc(-c2ccc(-c3cc(-c4cccc(-c5cccnc5)c4)nc(-c4ccc5c6ccccc6c6ccccc6c5c4)n3)cc2)cc1.c1ccc(-c2ccc(-c3cc(-c4cccc(-c5cccnc5)c4)nc(-c4cccc5ccccc45)n3)cc2)cc1. The molecule has 0 unspecified atom stereocenters. The predicted molar refractivity (Wildman–Crippen MR) is 564 cm³/mol. The van der Waals surface area contributed by atoms with E-state index in [0.29, 0.717) is 17.5 Å². The summed E-state index contributed by atoms with van der Waals surface area (Å²) >= 11 is 0. The third kappa shape index (κ3) is 16.9. The van der Waals surface area contributed by atoms with Gasteiger partial charge in [-0.15, -0.1) is 0 Å². The second-order valence-electron chi connectivity index (χ2n) is 33.9. The van der Waals surface area contributed by atoms with E-state index >= 15 is 0 Å². The van der Waals surface area contributed by atoms with Crippen molar-refractivity contribution in [2.24, 2.45) is 0 Å². The Kier molecular flexibility index (Phi) is 22.3. The van der Waals surface area contributed by atoms with Gasteiger partial charge in [-0.05, 0) is 199 Å². The molecule has 9 heteroatoms. The quantitative estimate of drug-likeness (QED) is 0.0925. The summed E-state index contributed by atoms with van der Waals surface area (Å²) in [6, 6.07) is 166. The van der Waals surface area contributed by atoms with Gasteiger partial charge in [0.2, 0.25) is 0 Å². The second kappa shape index (κ2) is 36.9. The maximum atomic E-state index is 5.29. The van der Waals surface area contributed by atoms with E-state index in [1.54, 1.807) is 12.4 Å². The van der Waals surface area contributed by atoms with Gasteiger partial charge < -0.3 is 0 Å². The largest absolute Gasteiger partial charge is 0.264 e. The molecule has 0 N–H and O–H groups in total. The van der Waals surface area contributed by atoms with Gasteiger partial charge in [-0.25, -0.2) is 29.9 Å². The molecule has 0 aliphatic heterocycles. The molecule has 25 rings (SSSR count). The van der Waals surface area contributed by atoms with Crippen molar-refractivity contribution < 1.29 is 0 Å². The zero-order valence-electron chi connectivity index (χ0n) is 73.9. The molecule has 0 radical (unpaired) electrons. The van der Waals surface area contributed by atoms with Crippen LogP contribution in [0, 0.1) is 0 Å². The van der Waals surface area contributed by atoms with Crippen LogP contribution in [0.4, 0.5) is 0 Å². The van der Waals surface area contributed by atoms with E-state index in [4.69, 9.17) is 29.9 Å². The molecule has 0 aliphatic rings. The number of fused-ring (bicyclic) bond motifs is 11. The van der Waals surface area contributed by atoms with Gasteiger partial charge in [0, 0.05) is 97.6 Å². The highest BCUT2D eigenvalue weighted by Gasteiger charge is 2.21. The molecule has 0 saturated heterocycles. The summed E-state index contributed by atoms with van der Waals surface area (Å²) < 4.78 is 0. The Hall–Kier alpha value is -18.3. The minimum Gasteiger partial charge on any atom is -0.264 e. The van der Waals surface area contributed by atoms with Crippen molar-refractivity contribution in [1.29, 1.82) is 0 Å². The van der Waals surface area contributed by atoms with Crippen LogP contribution in [0.3, 0.4) is 0 Å². The molecular formula is C127H83N9. The summed E-state index contributed by atoms with van der Waals surface area (Å²) in [5.74, 6) is 2.11. The summed E-state index contributed by atoms with van der Waals surface area (Å²) in [7, 11) is 0. The van der Waals surface area contributed by atoms with E-state index in [-0.39, 0.29) is 0 Å². The van der Waals surface area contributed by atoms with Crippen molar-refractivity contribution in [2.75, 3.05) is 0 Å². The number of hydrogen-bond acceptors (Lipinski definition) is 9. The molecular weight excluding hydrogens is 1650 g/mol. The molecule has 9 nitrogen and oxygen atoms in total. The minimum absolute atomic E-state index is 0.695. The Bertz CT molecular complexity index is 8700. The van der Waals surface area contributed by atoms with Gasteiger partial charge in [-0.3, -0.25) is 15.0 Å². The monoisotopic (exact) mass is 1730 g/mol. The van der Waals surface area contributed by atoms with Crippen LogP contribution in [0.25, 0.3) is 244 Å². The first kappa shape index (κ1) is 82.1. The lowest BCUT2D eigenvalue weighted by Crippen LogP contribution is -1.97. The van der Waals surface area contributed by atoms with E-state index in [1.807, 2.05) is 55.0 Å². The highest BCUT2D eigenvalue weighted by atomic mass is 14.9. The molecule has 19 aromatic carbocycles. The summed E-state index contributed by atoms with van der Waals surface area (Å²) in [6.45, 7) is 0. The Morgan fingerprint density at radius 3 is 0.919 bits per heavy atom. The average molecular weight is 1740 g/mol. The van der Waals surface area contributed by atoms with Gasteiger partial charge in [0.15, 0.2) is 17.5 Å².